The van der Waals surface area contributed by atoms with Gasteiger partial charge in [-0.05, 0) is 25.1 Å². The Morgan fingerprint density at radius 2 is 1.82 bits per heavy atom. The third kappa shape index (κ3) is 4.05. The lowest BCUT2D eigenvalue weighted by Gasteiger charge is -2.36. The first kappa shape index (κ1) is 19.0. The molecule has 1 aromatic heterocycles. The molecule has 4 rings (SSSR count). The van der Waals surface area contributed by atoms with Crippen LogP contribution in [-0.2, 0) is 4.74 Å². The van der Waals surface area contributed by atoms with Crippen molar-refractivity contribution in [3.05, 3.63) is 46.7 Å². The lowest BCUT2D eigenvalue weighted by atomic mass is 10.2. The molecule has 148 valence electrons. The van der Waals surface area contributed by atoms with Gasteiger partial charge in [-0.25, -0.2) is 9.97 Å². The lowest BCUT2D eigenvalue weighted by molar-refractivity contribution is 0.0745. The van der Waals surface area contributed by atoms with Crippen LogP contribution in [0.5, 0.6) is 0 Å². The maximum atomic E-state index is 13.0. The van der Waals surface area contributed by atoms with Gasteiger partial charge in [-0.2, -0.15) is 0 Å². The summed E-state index contributed by atoms with van der Waals surface area (Å²) in [4.78, 5) is 28.2. The summed E-state index contributed by atoms with van der Waals surface area (Å²) >= 11 is 6.09. The number of morpholine rings is 1. The molecule has 0 aliphatic carbocycles. The maximum Gasteiger partial charge on any atom is 0.257 e. The number of piperazine rings is 1. The predicted octanol–water partition coefficient (Wildman–Crippen LogP) is 2.24. The number of hydrogen-bond acceptors (Lipinski definition) is 6. The van der Waals surface area contributed by atoms with Crippen LogP contribution in [0.1, 0.15) is 16.1 Å². The summed E-state index contributed by atoms with van der Waals surface area (Å²) in [6, 6.07) is 7.83. The molecule has 0 atom stereocenters. The molecular weight excluding hydrogens is 378 g/mol. The Morgan fingerprint density at radius 1 is 1.07 bits per heavy atom. The minimum absolute atomic E-state index is 0.00299. The van der Waals surface area contributed by atoms with Gasteiger partial charge < -0.3 is 19.4 Å². The van der Waals surface area contributed by atoms with E-state index in [1.165, 1.54) is 0 Å². The van der Waals surface area contributed by atoms with Gasteiger partial charge in [0.1, 0.15) is 0 Å². The fourth-order valence-corrected chi connectivity index (χ4v) is 3.78. The largest absolute Gasteiger partial charge is 0.378 e. The Kier molecular flexibility index (Phi) is 5.64. The fourth-order valence-electron chi connectivity index (χ4n) is 3.59. The Bertz CT molecular complexity index is 848. The summed E-state index contributed by atoms with van der Waals surface area (Å²) in [5.74, 6) is 0.667. The normalized spacial score (nSPS) is 17.7. The van der Waals surface area contributed by atoms with Gasteiger partial charge >= 0.3 is 0 Å². The van der Waals surface area contributed by atoms with E-state index >= 15 is 0 Å². The molecule has 0 unspecified atom stereocenters. The van der Waals surface area contributed by atoms with Gasteiger partial charge in [0.05, 0.1) is 24.5 Å². The highest BCUT2D eigenvalue weighted by atomic mass is 35.5. The van der Waals surface area contributed by atoms with Crippen molar-refractivity contribution in [2.75, 3.05) is 62.3 Å². The maximum absolute atomic E-state index is 13.0. The summed E-state index contributed by atoms with van der Waals surface area (Å²) in [5, 5.41) is 0.726. The van der Waals surface area contributed by atoms with Crippen LogP contribution in [0.2, 0.25) is 5.02 Å². The van der Waals surface area contributed by atoms with Crippen LogP contribution in [0, 0.1) is 6.92 Å². The number of amides is 1. The average Bonchev–Trinajstić information content (AvgIpc) is 2.74. The molecule has 2 aromatic rings. The van der Waals surface area contributed by atoms with Crippen LogP contribution in [0.3, 0.4) is 0 Å². The second-order valence-electron chi connectivity index (χ2n) is 7.03. The fraction of sp³-hybridized carbons (Fsp3) is 0.450. The van der Waals surface area contributed by atoms with E-state index in [4.69, 9.17) is 16.3 Å². The molecule has 0 N–H and O–H groups in total. The molecule has 2 aliphatic rings. The summed E-state index contributed by atoms with van der Waals surface area (Å²) in [6.45, 7) is 7.67. The number of aryl methyl sites for hydroxylation is 1. The van der Waals surface area contributed by atoms with Crippen LogP contribution in [-0.4, -0.2) is 73.3 Å². The second kappa shape index (κ2) is 8.32. The highest BCUT2D eigenvalue weighted by Crippen LogP contribution is 2.22. The quantitative estimate of drug-likeness (QED) is 0.786. The zero-order valence-electron chi connectivity index (χ0n) is 16.0. The molecule has 2 saturated heterocycles. The van der Waals surface area contributed by atoms with Gasteiger partial charge in [0.2, 0.25) is 5.95 Å². The topological polar surface area (TPSA) is 61.8 Å². The molecule has 8 heteroatoms. The highest BCUT2D eigenvalue weighted by molar-refractivity contribution is 6.30. The number of nitrogens with zero attached hydrogens (tertiary/aromatic N) is 5. The highest BCUT2D eigenvalue weighted by Gasteiger charge is 2.25. The van der Waals surface area contributed by atoms with Gasteiger partial charge in [-0.3, -0.25) is 4.79 Å². The van der Waals surface area contributed by atoms with E-state index in [1.807, 2.05) is 36.1 Å². The molecule has 28 heavy (non-hydrogen) atoms. The van der Waals surface area contributed by atoms with E-state index in [2.05, 4.69) is 19.8 Å². The van der Waals surface area contributed by atoms with Crippen molar-refractivity contribution >= 4 is 29.1 Å². The number of carbonyl (C=O) groups excluding carboxylic acids is 1. The summed E-state index contributed by atoms with van der Waals surface area (Å²) in [5.41, 5.74) is 2.39. The van der Waals surface area contributed by atoms with E-state index in [-0.39, 0.29) is 5.91 Å². The number of anilines is 2. The molecule has 0 bridgehead atoms. The third-order valence-electron chi connectivity index (χ3n) is 5.23. The van der Waals surface area contributed by atoms with Crippen molar-refractivity contribution in [3.63, 3.8) is 0 Å². The number of rotatable bonds is 3. The van der Waals surface area contributed by atoms with Crippen LogP contribution in [0.4, 0.5) is 11.6 Å². The first-order valence-electron chi connectivity index (χ1n) is 9.58. The number of ether oxygens (including phenoxy) is 1. The molecular formula is C20H24ClN5O2. The van der Waals surface area contributed by atoms with Gasteiger partial charge in [-0.1, -0.05) is 17.7 Å². The molecule has 0 radical (unpaired) electrons. The minimum atomic E-state index is -0.00299. The molecule has 0 spiro atoms. The molecule has 7 nitrogen and oxygen atoms in total. The zero-order valence-corrected chi connectivity index (χ0v) is 16.7. The van der Waals surface area contributed by atoms with E-state index in [0.717, 1.165) is 42.6 Å². The summed E-state index contributed by atoms with van der Waals surface area (Å²) in [7, 11) is 0. The van der Waals surface area contributed by atoms with Crippen LogP contribution in [0.15, 0.2) is 30.5 Å². The van der Waals surface area contributed by atoms with Crippen molar-refractivity contribution in [3.8, 4) is 0 Å². The van der Waals surface area contributed by atoms with Crippen molar-refractivity contribution in [1.29, 1.82) is 0 Å². The molecule has 0 saturated carbocycles. The summed E-state index contributed by atoms with van der Waals surface area (Å²) < 4.78 is 5.37. The van der Waals surface area contributed by atoms with Crippen LogP contribution >= 0.6 is 11.6 Å². The lowest BCUT2D eigenvalue weighted by Crippen LogP contribution is -2.49. The smallest absolute Gasteiger partial charge is 0.257 e. The predicted molar refractivity (Wildman–Crippen MR) is 109 cm³/mol. The monoisotopic (exact) mass is 401 g/mol. The van der Waals surface area contributed by atoms with Gasteiger partial charge in [0.15, 0.2) is 0 Å². The van der Waals surface area contributed by atoms with E-state index in [9.17, 15) is 4.79 Å². The SMILES string of the molecule is Cc1nc(N2CCOCC2)ncc1C(=O)N1CCN(c2cccc(Cl)c2)CC1. The third-order valence-corrected chi connectivity index (χ3v) is 5.47. The number of carbonyl (C=O) groups is 1. The Labute approximate surface area is 169 Å². The molecule has 1 amide bonds. The summed E-state index contributed by atoms with van der Waals surface area (Å²) in [6.07, 6.45) is 1.67. The number of halogens is 1. The minimum Gasteiger partial charge on any atom is -0.378 e. The average molecular weight is 402 g/mol. The molecule has 2 fully saturated rings. The number of benzene rings is 1. The van der Waals surface area contributed by atoms with E-state index in [1.54, 1.807) is 6.20 Å². The van der Waals surface area contributed by atoms with Gasteiger partial charge in [0, 0.05) is 56.2 Å². The van der Waals surface area contributed by atoms with Crippen molar-refractivity contribution in [2.45, 2.75) is 6.92 Å². The van der Waals surface area contributed by atoms with Crippen molar-refractivity contribution in [2.24, 2.45) is 0 Å². The molecule has 1 aromatic carbocycles. The Morgan fingerprint density at radius 3 is 2.50 bits per heavy atom. The van der Waals surface area contributed by atoms with Crippen molar-refractivity contribution in [1.82, 2.24) is 14.9 Å². The van der Waals surface area contributed by atoms with Gasteiger partial charge in [0.25, 0.3) is 5.91 Å². The number of hydrogen-bond donors (Lipinski definition) is 0. The number of aromatic nitrogens is 2. The van der Waals surface area contributed by atoms with E-state index in [0.29, 0.717) is 37.8 Å². The first-order chi connectivity index (χ1) is 13.6. The first-order valence-corrected chi connectivity index (χ1v) is 9.96. The Balaban J connectivity index is 1.41. The van der Waals surface area contributed by atoms with Crippen LogP contribution in [0.25, 0.3) is 0 Å². The Hall–Kier alpha value is -2.38. The van der Waals surface area contributed by atoms with Crippen molar-refractivity contribution < 1.29 is 9.53 Å². The second-order valence-corrected chi connectivity index (χ2v) is 7.46. The van der Waals surface area contributed by atoms with Gasteiger partial charge in [-0.15, -0.1) is 0 Å². The zero-order chi connectivity index (χ0) is 19.5. The standard InChI is InChI=1S/C20H24ClN5O2/c1-15-18(14-22-20(23-15)26-9-11-28-12-10-26)19(27)25-7-5-24(6-8-25)17-4-2-3-16(21)13-17/h2-4,13-14H,5-12H2,1H3. The van der Waals surface area contributed by atoms with E-state index < -0.39 is 0 Å². The molecule has 3 heterocycles. The van der Waals surface area contributed by atoms with Crippen LogP contribution < -0.4 is 9.80 Å². The molecule has 2 aliphatic heterocycles.